The summed E-state index contributed by atoms with van der Waals surface area (Å²) < 4.78 is 4.58. The van der Waals surface area contributed by atoms with E-state index in [0.717, 1.165) is 22.3 Å². The molecular formula is C22H20N2O4. The van der Waals surface area contributed by atoms with E-state index in [2.05, 4.69) is 10.1 Å². The maximum absolute atomic E-state index is 12.3. The lowest BCUT2D eigenvalue weighted by atomic mass is 9.89. The van der Waals surface area contributed by atoms with Gasteiger partial charge in [-0.15, -0.1) is 0 Å². The zero-order valence-electron chi connectivity index (χ0n) is 15.3. The number of hydrogen-bond acceptors (Lipinski definition) is 4. The third kappa shape index (κ3) is 4.36. The first-order valence-electron chi connectivity index (χ1n) is 8.66. The molecule has 0 aromatic heterocycles. The maximum atomic E-state index is 12.3. The summed E-state index contributed by atoms with van der Waals surface area (Å²) in [5, 5.41) is 11.8. The average molecular weight is 376 g/mol. The molecule has 6 heteroatoms. The van der Waals surface area contributed by atoms with Crippen molar-refractivity contribution in [3.63, 3.8) is 0 Å². The molecule has 0 heterocycles. The molecule has 1 unspecified atom stereocenters. The van der Waals surface area contributed by atoms with E-state index in [1.54, 1.807) is 17.6 Å². The molecular weight excluding hydrogens is 356 g/mol. The number of anilines is 1. The molecule has 3 aromatic carbocycles. The fourth-order valence-electron chi connectivity index (χ4n) is 3.02. The van der Waals surface area contributed by atoms with Crippen LogP contribution in [0.25, 0.3) is 11.1 Å². The van der Waals surface area contributed by atoms with Gasteiger partial charge in [0.05, 0.1) is 13.0 Å². The molecule has 0 spiro atoms. The number of hydrogen-bond donors (Lipinski definition) is 3. The standard InChI is InChI=1S/C22H20N2O4/c1-28-22(26)23-19-12-10-15(11-13-19)17-8-5-9-18(14-17)20(21(25)24-27)16-6-3-2-4-7-16/h2-14,20,27H,1H3,(H,23,26)(H,24,25). The van der Waals surface area contributed by atoms with Crippen LogP contribution in [-0.2, 0) is 9.53 Å². The Kier molecular flexibility index (Phi) is 6.04. The summed E-state index contributed by atoms with van der Waals surface area (Å²) in [4.78, 5) is 23.6. The van der Waals surface area contributed by atoms with Crippen LogP contribution in [0.5, 0.6) is 0 Å². The highest BCUT2D eigenvalue weighted by Gasteiger charge is 2.22. The second-order valence-electron chi connectivity index (χ2n) is 6.14. The Morgan fingerprint density at radius 3 is 2.18 bits per heavy atom. The minimum Gasteiger partial charge on any atom is -0.453 e. The first-order chi connectivity index (χ1) is 13.6. The molecule has 3 N–H and O–H groups in total. The van der Waals surface area contributed by atoms with Gasteiger partial charge in [-0.3, -0.25) is 15.3 Å². The van der Waals surface area contributed by atoms with Gasteiger partial charge in [0.25, 0.3) is 5.91 Å². The first kappa shape index (κ1) is 19.1. The smallest absolute Gasteiger partial charge is 0.411 e. The second-order valence-corrected chi connectivity index (χ2v) is 6.14. The van der Waals surface area contributed by atoms with E-state index < -0.39 is 17.9 Å². The summed E-state index contributed by atoms with van der Waals surface area (Å²) in [6, 6.07) is 24.1. The number of carbonyl (C=O) groups is 2. The van der Waals surface area contributed by atoms with Gasteiger partial charge in [-0.25, -0.2) is 10.3 Å². The van der Waals surface area contributed by atoms with Crippen LogP contribution in [0, 0.1) is 0 Å². The molecule has 0 saturated carbocycles. The van der Waals surface area contributed by atoms with Crippen molar-refractivity contribution in [1.29, 1.82) is 0 Å². The molecule has 1 atom stereocenters. The quantitative estimate of drug-likeness (QED) is 0.461. The normalized spacial score (nSPS) is 11.4. The van der Waals surface area contributed by atoms with Crippen LogP contribution in [0.4, 0.5) is 10.5 Å². The van der Waals surface area contributed by atoms with E-state index in [1.165, 1.54) is 7.11 Å². The van der Waals surface area contributed by atoms with Crippen molar-refractivity contribution in [2.24, 2.45) is 0 Å². The largest absolute Gasteiger partial charge is 0.453 e. The Morgan fingerprint density at radius 2 is 1.54 bits per heavy atom. The van der Waals surface area contributed by atoms with Crippen LogP contribution < -0.4 is 10.8 Å². The lowest BCUT2D eigenvalue weighted by molar-refractivity contribution is -0.129. The predicted octanol–water partition coefficient (Wildman–Crippen LogP) is 4.17. The Balaban J connectivity index is 1.92. The number of ether oxygens (including phenoxy) is 1. The Hall–Kier alpha value is -3.64. The molecule has 0 aliphatic heterocycles. The highest BCUT2D eigenvalue weighted by Crippen LogP contribution is 2.29. The van der Waals surface area contributed by atoms with Gasteiger partial charge >= 0.3 is 6.09 Å². The van der Waals surface area contributed by atoms with Crippen molar-refractivity contribution in [2.45, 2.75) is 5.92 Å². The molecule has 2 amide bonds. The first-order valence-corrected chi connectivity index (χ1v) is 8.66. The van der Waals surface area contributed by atoms with Crippen LogP contribution in [0.2, 0.25) is 0 Å². The number of carbonyl (C=O) groups excluding carboxylic acids is 2. The average Bonchev–Trinajstić information content (AvgIpc) is 2.75. The summed E-state index contributed by atoms with van der Waals surface area (Å²) in [7, 11) is 1.31. The molecule has 3 aromatic rings. The highest BCUT2D eigenvalue weighted by molar-refractivity contribution is 5.87. The van der Waals surface area contributed by atoms with Crippen molar-refractivity contribution >= 4 is 17.7 Å². The fraction of sp³-hybridized carbons (Fsp3) is 0.0909. The Bertz CT molecular complexity index is 956. The van der Waals surface area contributed by atoms with E-state index >= 15 is 0 Å². The molecule has 6 nitrogen and oxygen atoms in total. The number of nitrogens with one attached hydrogen (secondary N) is 2. The van der Waals surface area contributed by atoms with E-state index in [4.69, 9.17) is 0 Å². The van der Waals surface area contributed by atoms with Crippen molar-refractivity contribution in [3.8, 4) is 11.1 Å². The number of methoxy groups -OCH3 is 1. The van der Waals surface area contributed by atoms with Crippen LogP contribution in [0.3, 0.4) is 0 Å². The van der Waals surface area contributed by atoms with Crippen molar-refractivity contribution in [1.82, 2.24) is 5.48 Å². The minimum atomic E-state index is -0.633. The molecule has 142 valence electrons. The fourth-order valence-corrected chi connectivity index (χ4v) is 3.02. The van der Waals surface area contributed by atoms with Gasteiger partial charge in [0.1, 0.15) is 0 Å². The Morgan fingerprint density at radius 1 is 0.857 bits per heavy atom. The van der Waals surface area contributed by atoms with Gasteiger partial charge in [-0.1, -0.05) is 66.7 Å². The number of amides is 2. The van der Waals surface area contributed by atoms with Gasteiger partial charge in [0.15, 0.2) is 0 Å². The summed E-state index contributed by atoms with van der Waals surface area (Å²) in [6.45, 7) is 0. The van der Waals surface area contributed by atoms with Crippen molar-refractivity contribution in [3.05, 3.63) is 90.0 Å². The van der Waals surface area contributed by atoms with Crippen LogP contribution in [-0.4, -0.2) is 24.3 Å². The molecule has 3 rings (SSSR count). The lowest BCUT2D eigenvalue weighted by Crippen LogP contribution is -2.27. The van der Waals surface area contributed by atoms with Gasteiger partial charge in [0, 0.05) is 5.69 Å². The van der Waals surface area contributed by atoms with Crippen molar-refractivity contribution in [2.75, 3.05) is 12.4 Å². The van der Waals surface area contributed by atoms with Gasteiger partial charge in [0.2, 0.25) is 0 Å². The van der Waals surface area contributed by atoms with Gasteiger partial charge in [-0.2, -0.15) is 0 Å². The molecule has 0 radical (unpaired) electrons. The summed E-state index contributed by atoms with van der Waals surface area (Å²) >= 11 is 0. The van der Waals surface area contributed by atoms with Crippen LogP contribution in [0.15, 0.2) is 78.9 Å². The van der Waals surface area contributed by atoms with Gasteiger partial charge < -0.3 is 4.74 Å². The summed E-state index contributed by atoms with van der Waals surface area (Å²) in [5.74, 6) is -1.13. The number of hydroxylamine groups is 1. The molecule has 0 aliphatic carbocycles. The Labute approximate surface area is 162 Å². The third-order valence-corrected chi connectivity index (χ3v) is 4.38. The maximum Gasteiger partial charge on any atom is 0.411 e. The lowest BCUT2D eigenvalue weighted by Gasteiger charge is -2.17. The van der Waals surface area contributed by atoms with E-state index in [-0.39, 0.29) is 0 Å². The summed E-state index contributed by atoms with van der Waals surface area (Å²) in [5.41, 5.74) is 5.75. The molecule has 0 fully saturated rings. The van der Waals surface area contributed by atoms with Gasteiger partial charge in [-0.05, 0) is 34.4 Å². The topological polar surface area (TPSA) is 87.7 Å². The predicted molar refractivity (Wildman–Crippen MR) is 106 cm³/mol. The van der Waals surface area contributed by atoms with E-state index in [1.807, 2.05) is 66.7 Å². The van der Waals surface area contributed by atoms with Crippen LogP contribution in [0.1, 0.15) is 17.0 Å². The summed E-state index contributed by atoms with van der Waals surface area (Å²) in [6.07, 6.45) is -0.532. The highest BCUT2D eigenvalue weighted by atomic mass is 16.5. The minimum absolute atomic E-state index is 0.499. The molecule has 0 bridgehead atoms. The number of rotatable bonds is 5. The zero-order chi connectivity index (χ0) is 19.9. The van der Waals surface area contributed by atoms with E-state index in [9.17, 15) is 14.8 Å². The van der Waals surface area contributed by atoms with Crippen LogP contribution >= 0.6 is 0 Å². The molecule has 0 saturated heterocycles. The monoisotopic (exact) mass is 376 g/mol. The third-order valence-electron chi connectivity index (χ3n) is 4.38. The second kappa shape index (κ2) is 8.83. The van der Waals surface area contributed by atoms with E-state index in [0.29, 0.717) is 5.69 Å². The molecule has 28 heavy (non-hydrogen) atoms. The van der Waals surface area contributed by atoms with Crippen molar-refractivity contribution < 1.29 is 19.5 Å². The zero-order valence-corrected chi connectivity index (χ0v) is 15.3. The number of benzene rings is 3. The SMILES string of the molecule is COC(=O)Nc1ccc(-c2cccc(C(C(=O)NO)c3ccccc3)c2)cc1. The molecule has 0 aliphatic rings.